The molecule has 2 aliphatic heterocycles. The Hall–Kier alpha value is -1.06. The van der Waals surface area contributed by atoms with Crippen LogP contribution in [0.3, 0.4) is 0 Å². The molecule has 1 aromatic rings. The van der Waals surface area contributed by atoms with Crippen LogP contribution in [0, 0.1) is 6.92 Å². The van der Waals surface area contributed by atoms with E-state index >= 15 is 0 Å². The number of sulfonamides is 1. The van der Waals surface area contributed by atoms with Gasteiger partial charge in [-0.3, -0.25) is 4.79 Å². The zero-order valence-electron chi connectivity index (χ0n) is 16.1. The van der Waals surface area contributed by atoms with Gasteiger partial charge in [0.15, 0.2) is 0 Å². The molecular weight excluding hydrogens is 423 g/mol. The van der Waals surface area contributed by atoms with Crippen LogP contribution in [0.2, 0.25) is 0 Å². The summed E-state index contributed by atoms with van der Waals surface area (Å²) < 4.78 is 26.7. The summed E-state index contributed by atoms with van der Waals surface area (Å²) in [5.41, 5.74) is 8.19. The molecule has 10 heteroatoms. The highest BCUT2D eigenvalue weighted by Gasteiger charge is 2.31. The number of likely N-dealkylation sites (tertiary alicyclic amines) is 1. The molecule has 2 aliphatic rings. The molecule has 3 rings (SSSR count). The van der Waals surface area contributed by atoms with E-state index in [9.17, 15) is 13.2 Å². The molecule has 2 fully saturated rings. The van der Waals surface area contributed by atoms with Crippen LogP contribution in [-0.4, -0.2) is 74.6 Å². The molecule has 2 heterocycles. The quantitative estimate of drug-likeness (QED) is 0.742. The molecular formula is C18H30Cl2N4O3S. The number of halogens is 2. The molecule has 7 nitrogen and oxygen atoms in total. The molecule has 2 saturated heterocycles. The molecule has 0 aliphatic carbocycles. The summed E-state index contributed by atoms with van der Waals surface area (Å²) in [6.45, 7) is 5.17. The SMILES string of the molecule is Cc1cccc(N2CCN(S(=O)(=O)CC(=O)N3CCCC(N)C3)CC2)c1.Cl.Cl. The second-order valence-electron chi connectivity index (χ2n) is 7.22. The minimum Gasteiger partial charge on any atom is -0.369 e. The minimum absolute atomic E-state index is 0. The Labute approximate surface area is 180 Å². The van der Waals surface area contributed by atoms with E-state index in [2.05, 4.69) is 11.0 Å². The number of hydrogen-bond donors (Lipinski definition) is 1. The normalized spacial score (nSPS) is 20.9. The lowest BCUT2D eigenvalue weighted by Gasteiger charge is -2.36. The number of nitrogens with two attached hydrogens (primary N) is 1. The molecule has 0 aromatic heterocycles. The molecule has 0 bridgehead atoms. The van der Waals surface area contributed by atoms with Crippen LogP contribution < -0.4 is 10.6 Å². The average molecular weight is 453 g/mol. The number of rotatable bonds is 4. The molecule has 2 N–H and O–H groups in total. The van der Waals surface area contributed by atoms with Crippen LogP contribution in [0.4, 0.5) is 5.69 Å². The standard InChI is InChI=1S/C18H28N4O3S.2ClH/c1-15-4-2-6-17(12-15)20-8-10-22(11-9-20)26(24,25)14-18(23)21-7-3-5-16(19)13-21;;/h2,4,6,12,16H,3,5,7-11,13-14,19H2,1H3;2*1H. The lowest BCUT2D eigenvalue weighted by molar-refractivity contribution is -0.129. The summed E-state index contributed by atoms with van der Waals surface area (Å²) in [7, 11) is -3.59. The van der Waals surface area contributed by atoms with Crippen molar-refractivity contribution >= 4 is 46.4 Å². The number of aryl methyl sites for hydroxylation is 1. The summed E-state index contributed by atoms with van der Waals surface area (Å²) in [6, 6.07) is 8.15. The van der Waals surface area contributed by atoms with Gasteiger partial charge in [0, 0.05) is 51.0 Å². The van der Waals surface area contributed by atoms with Crippen molar-refractivity contribution in [1.29, 1.82) is 0 Å². The van der Waals surface area contributed by atoms with Gasteiger partial charge in [-0.2, -0.15) is 4.31 Å². The van der Waals surface area contributed by atoms with Gasteiger partial charge in [0.05, 0.1) is 0 Å². The highest BCUT2D eigenvalue weighted by molar-refractivity contribution is 7.89. The van der Waals surface area contributed by atoms with Crippen molar-refractivity contribution in [3.05, 3.63) is 29.8 Å². The van der Waals surface area contributed by atoms with E-state index in [4.69, 9.17) is 5.73 Å². The van der Waals surface area contributed by atoms with E-state index in [1.165, 1.54) is 9.87 Å². The lowest BCUT2D eigenvalue weighted by atomic mass is 10.1. The zero-order chi connectivity index (χ0) is 18.7. The van der Waals surface area contributed by atoms with Gasteiger partial charge in [-0.1, -0.05) is 12.1 Å². The van der Waals surface area contributed by atoms with E-state index in [1.54, 1.807) is 4.90 Å². The second kappa shape index (κ2) is 10.6. The fourth-order valence-corrected chi connectivity index (χ4v) is 5.02. The number of piperidine rings is 1. The third-order valence-electron chi connectivity index (χ3n) is 5.12. The Bertz CT molecular complexity index is 755. The van der Waals surface area contributed by atoms with E-state index in [1.807, 2.05) is 25.1 Å². The largest absolute Gasteiger partial charge is 0.369 e. The van der Waals surface area contributed by atoms with Crippen LogP contribution in [0.15, 0.2) is 24.3 Å². The van der Waals surface area contributed by atoms with Crippen molar-refractivity contribution in [2.24, 2.45) is 5.73 Å². The first kappa shape index (κ1) is 25.0. The first-order valence-electron chi connectivity index (χ1n) is 9.18. The lowest BCUT2D eigenvalue weighted by Crippen LogP contribution is -2.52. The van der Waals surface area contributed by atoms with Crippen molar-refractivity contribution < 1.29 is 13.2 Å². The van der Waals surface area contributed by atoms with E-state index < -0.39 is 15.8 Å². The van der Waals surface area contributed by atoms with E-state index in [0.717, 1.165) is 18.5 Å². The first-order chi connectivity index (χ1) is 12.3. The minimum atomic E-state index is -3.59. The molecule has 1 atom stereocenters. The van der Waals surface area contributed by atoms with Crippen LogP contribution in [0.25, 0.3) is 0 Å². The third-order valence-corrected chi connectivity index (χ3v) is 6.88. The fourth-order valence-electron chi connectivity index (χ4n) is 3.62. The van der Waals surface area contributed by atoms with Crippen molar-refractivity contribution in [1.82, 2.24) is 9.21 Å². The smallest absolute Gasteiger partial charge is 0.239 e. The van der Waals surface area contributed by atoms with Crippen molar-refractivity contribution in [2.75, 3.05) is 49.9 Å². The summed E-state index contributed by atoms with van der Waals surface area (Å²) in [4.78, 5) is 16.2. The van der Waals surface area contributed by atoms with Gasteiger partial charge in [-0.25, -0.2) is 8.42 Å². The predicted octanol–water partition coefficient (Wildman–Crippen LogP) is 1.24. The summed E-state index contributed by atoms with van der Waals surface area (Å²) in [5.74, 6) is -0.786. The Kier molecular flexibility index (Phi) is 9.49. The average Bonchev–Trinajstić information content (AvgIpc) is 2.61. The van der Waals surface area contributed by atoms with Crippen LogP contribution >= 0.6 is 24.8 Å². The third kappa shape index (κ3) is 6.22. The number of piperazine rings is 1. The number of carbonyl (C=O) groups is 1. The Balaban J connectivity index is 0.00000196. The highest BCUT2D eigenvalue weighted by Crippen LogP contribution is 2.19. The monoisotopic (exact) mass is 452 g/mol. The van der Waals surface area contributed by atoms with Crippen molar-refractivity contribution in [2.45, 2.75) is 25.8 Å². The Morgan fingerprint density at radius 1 is 1.14 bits per heavy atom. The van der Waals surface area contributed by atoms with Crippen LogP contribution in [-0.2, 0) is 14.8 Å². The number of amides is 1. The maximum Gasteiger partial charge on any atom is 0.239 e. The molecule has 28 heavy (non-hydrogen) atoms. The van der Waals surface area contributed by atoms with Crippen LogP contribution in [0.1, 0.15) is 18.4 Å². The number of carbonyl (C=O) groups excluding carboxylic acids is 1. The summed E-state index contributed by atoms with van der Waals surface area (Å²) in [5, 5.41) is 0. The molecule has 0 saturated carbocycles. The number of anilines is 1. The maximum absolute atomic E-state index is 12.6. The van der Waals surface area contributed by atoms with Gasteiger partial charge in [0.1, 0.15) is 5.75 Å². The molecule has 160 valence electrons. The van der Waals surface area contributed by atoms with Gasteiger partial charge >= 0.3 is 0 Å². The zero-order valence-corrected chi connectivity index (χ0v) is 18.6. The molecule has 1 amide bonds. The molecule has 0 spiro atoms. The molecule has 1 unspecified atom stereocenters. The first-order valence-corrected chi connectivity index (χ1v) is 10.8. The van der Waals surface area contributed by atoms with Gasteiger partial charge in [0.25, 0.3) is 0 Å². The Morgan fingerprint density at radius 2 is 1.82 bits per heavy atom. The fraction of sp³-hybridized carbons (Fsp3) is 0.611. The number of benzene rings is 1. The number of nitrogens with zero attached hydrogens (tertiary/aromatic N) is 3. The van der Waals surface area contributed by atoms with Gasteiger partial charge in [-0.05, 0) is 37.5 Å². The van der Waals surface area contributed by atoms with E-state index in [-0.39, 0.29) is 36.8 Å². The predicted molar refractivity (Wildman–Crippen MR) is 117 cm³/mol. The number of hydrogen-bond acceptors (Lipinski definition) is 5. The highest BCUT2D eigenvalue weighted by atomic mass is 35.5. The van der Waals surface area contributed by atoms with Gasteiger partial charge < -0.3 is 15.5 Å². The molecule has 1 aromatic carbocycles. The maximum atomic E-state index is 12.6. The summed E-state index contributed by atoms with van der Waals surface area (Å²) in [6.07, 6.45) is 1.72. The van der Waals surface area contributed by atoms with E-state index in [0.29, 0.717) is 39.3 Å². The van der Waals surface area contributed by atoms with Crippen molar-refractivity contribution in [3.63, 3.8) is 0 Å². The Morgan fingerprint density at radius 3 is 2.43 bits per heavy atom. The summed E-state index contributed by atoms with van der Waals surface area (Å²) >= 11 is 0. The van der Waals surface area contributed by atoms with Gasteiger partial charge in [-0.15, -0.1) is 24.8 Å². The van der Waals surface area contributed by atoms with Crippen molar-refractivity contribution in [3.8, 4) is 0 Å². The second-order valence-corrected chi connectivity index (χ2v) is 9.19. The van der Waals surface area contributed by atoms with Crippen LogP contribution in [0.5, 0.6) is 0 Å². The molecule has 0 radical (unpaired) electrons. The topological polar surface area (TPSA) is 87.0 Å². The van der Waals surface area contributed by atoms with Gasteiger partial charge in [0.2, 0.25) is 15.9 Å².